The summed E-state index contributed by atoms with van der Waals surface area (Å²) in [6.07, 6.45) is -0.795. The lowest BCUT2D eigenvalue weighted by Gasteiger charge is -2.13. The van der Waals surface area contributed by atoms with Crippen LogP contribution in [0, 0.1) is 5.92 Å². The molecule has 0 fully saturated rings. The summed E-state index contributed by atoms with van der Waals surface area (Å²) in [4.78, 5) is 0. The molecule has 3 nitrogen and oxygen atoms in total. The van der Waals surface area contributed by atoms with Crippen molar-refractivity contribution in [2.75, 3.05) is 6.61 Å². The summed E-state index contributed by atoms with van der Waals surface area (Å²) in [6, 6.07) is 7.02. The largest absolute Gasteiger partial charge is 0.458 e. The molecule has 0 saturated carbocycles. The predicted molar refractivity (Wildman–Crippen MR) is 62.4 cm³/mol. The van der Waals surface area contributed by atoms with Crippen LogP contribution in [0.4, 0.5) is 0 Å². The van der Waals surface area contributed by atoms with Gasteiger partial charge in [-0.1, -0.05) is 18.5 Å². The van der Waals surface area contributed by atoms with Crippen LogP contribution in [0.15, 0.2) is 28.7 Å². The summed E-state index contributed by atoms with van der Waals surface area (Å²) in [6.45, 7) is 1.67. The Kier molecular flexibility index (Phi) is 3.19. The fourth-order valence-electron chi connectivity index (χ4n) is 1.56. The molecule has 0 spiro atoms. The Morgan fingerprint density at radius 2 is 2.12 bits per heavy atom. The van der Waals surface area contributed by atoms with Gasteiger partial charge >= 0.3 is 0 Å². The molecule has 0 aliphatic carbocycles. The molecule has 1 unspecified atom stereocenters. The third-order valence-electron chi connectivity index (χ3n) is 2.62. The molecule has 2 rings (SSSR count). The Labute approximate surface area is 98.3 Å². The van der Waals surface area contributed by atoms with Crippen LogP contribution >= 0.6 is 11.6 Å². The Hall–Kier alpha value is -1.03. The second kappa shape index (κ2) is 4.45. The number of aliphatic hydroxyl groups excluding tert-OH is 2. The molecule has 0 bridgehead atoms. The number of furan rings is 1. The van der Waals surface area contributed by atoms with E-state index in [4.69, 9.17) is 21.1 Å². The Morgan fingerprint density at radius 3 is 2.81 bits per heavy atom. The maximum atomic E-state index is 9.87. The van der Waals surface area contributed by atoms with Crippen LogP contribution in [-0.4, -0.2) is 16.8 Å². The van der Waals surface area contributed by atoms with Gasteiger partial charge in [0.25, 0.3) is 0 Å². The van der Waals surface area contributed by atoms with Crippen molar-refractivity contribution in [3.8, 4) is 0 Å². The van der Waals surface area contributed by atoms with Gasteiger partial charge in [-0.3, -0.25) is 0 Å². The van der Waals surface area contributed by atoms with Crippen LogP contribution in [-0.2, 0) is 0 Å². The van der Waals surface area contributed by atoms with E-state index in [1.54, 1.807) is 31.2 Å². The first kappa shape index (κ1) is 11.5. The van der Waals surface area contributed by atoms with Crippen molar-refractivity contribution in [1.82, 2.24) is 0 Å². The fraction of sp³-hybridized carbons (Fsp3) is 0.333. The van der Waals surface area contributed by atoms with Gasteiger partial charge in [-0.15, -0.1) is 0 Å². The van der Waals surface area contributed by atoms with Crippen molar-refractivity contribution >= 4 is 22.6 Å². The summed E-state index contributed by atoms with van der Waals surface area (Å²) in [7, 11) is 0. The van der Waals surface area contributed by atoms with Crippen molar-refractivity contribution in [3.05, 3.63) is 35.0 Å². The highest BCUT2D eigenvalue weighted by atomic mass is 35.5. The topological polar surface area (TPSA) is 53.6 Å². The molecular formula is C12H13ClO3. The fourth-order valence-corrected chi connectivity index (χ4v) is 1.74. The minimum absolute atomic E-state index is 0.0844. The van der Waals surface area contributed by atoms with Crippen molar-refractivity contribution < 1.29 is 14.6 Å². The molecule has 86 valence electrons. The molecule has 1 aromatic heterocycles. The number of rotatable bonds is 3. The van der Waals surface area contributed by atoms with Crippen LogP contribution in [0.25, 0.3) is 11.0 Å². The van der Waals surface area contributed by atoms with Gasteiger partial charge in [0.2, 0.25) is 0 Å². The van der Waals surface area contributed by atoms with Crippen LogP contribution in [0.5, 0.6) is 0 Å². The van der Waals surface area contributed by atoms with E-state index >= 15 is 0 Å². The van der Waals surface area contributed by atoms with Gasteiger partial charge in [0, 0.05) is 22.9 Å². The standard InChI is InChI=1S/C12H13ClO3/c1-7(6-14)12(15)11-5-8-4-9(13)2-3-10(8)16-11/h2-5,7,12,14-15H,6H2,1H3/t7-,12?/m1/s1. The van der Waals surface area contributed by atoms with E-state index in [9.17, 15) is 5.11 Å². The van der Waals surface area contributed by atoms with Crippen LogP contribution in [0.1, 0.15) is 18.8 Å². The maximum Gasteiger partial charge on any atom is 0.134 e. The van der Waals surface area contributed by atoms with E-state index in [1.165, 1.54) is 0 Å². The molecule has 16 heavy (non-hydrogen) atoms. The van der Waals surface area contributed by atoms with Crippen LogP contribution in [0.2, 0.25) is 5.02 Å². The second-order valence-corrected chi connectivity index (χ2v) is 4.37. The van der Waals surface area contributed by atoms with E-state index < -0.39 is 6.10 Å². The molecule has 0 aliphatic rings. The molecule has 0 aliphatic heterocycles. The minimum atomic E-state index is -0.795. The minimum Gasteiger partial charge on any atom is -0.458 e. The molecule has 0 saturated heterocycles. The number of hydrogen-bond donors (Lipinski definition) is 2. The SMILES string of the molecule is C[C@H](CO)C(O)c1cc2cc(Cl)ccc2o1. The quantitative estimate of drug-likeness (QED) is 0.867. The highest BCUT2D eigenvalue weighted by Crippen LogP contribution is 2.29. The lowest BCUT2D eigenvalue weighted by atomic mass is 10.0. The van der Waals surface area contributed by atoms with Crippen molar-refractivity contribution in [1.29, 1.82) is 0 Å². The predicted octanol–water partition coefficient (Wildman–Crippen LogP) is 2.75. The second-order valence-electron chi connectivity index (χ2n) is 3.94. The van der Waals surface area contributed by atoms with Gasteiger partial charge < -0.3 is 14.6 Å². The summed E-state index contributed by atoms with van der Waals surface area (Å²) >= 11 is 5.85. The van der Waals surface area contributed by atoms with E-state index in [1.807, 2.05) is 0 Å². The summed E-state index contributed by atoms with van der Waals surface area (Å²) < 4.78 is 5.49. The van der Waals surface area contributed by atoms with Crippen LogP contribution < -0.4 is 0 Å². The highest BCUT2D eigenvalue weighted by molar-refractivity contribution is 6.31. The van der Waals surface area contributed by atoms with Crippen molar-refractivity contribution in [2.24, 2.45) is 5.92 Å². The molecule has 2 aromatic rings. The van der Waals surface area contributed by atoms with Gasteiger partial charge in [0.1, 0.15) is 17.4 Å². The number of hydrogen-bond acceptors (Lipinski definition) is 3. The summed E-state index contributed by atoms with van der Waals surface area (Å²) in [5, 5.41) is 20.3. The molecule has 2 N–H and O–H groups in total. The Morgan fingerprint density at radius 1 is 1.38 bits per heavy atom. The average Bonchev–Trinajstić information content (AvgIpc) is 2.69. The van der Waals surface area contributed by atoms with Gasteiger partial charge in [-0.05, 0) is 24.3 Å². The highest BCUT2D eigenvalue weighted by Gasteiger charge is 2.19. The van der Waals surface area contributed by atoms with Crippen LogP contribution in [0.3, 0.4) is 0 Å². The zero-order valence-corrected chi connectivity index (χ0v) is 9.61. The summed E-state index contributed by atoms with van der Waals surface area (Å²) in [5.74, 6) is 0.204. The first-order chi connectivity index (χ1) is 7.61. The van der Waals surface area contributed by atoms with Gasteiger partial charge in [0.05, 0.1) is 0 Å². The number of fused-ring (bicyclic) bond motifs is 1. The van der Waals surface area contributed by atoms with Gasteiger partial charge in [0.15, 0.2) is 0 Å². The average molecular weight is 241 g/mol. The monoisotopic (exact) mass is 240 g/mol. The maximum absolute atomic E-state index is 9.87. The lowest BCUT2D eigenvalue weighted by molar-refractivity contribution is 0.0612. The molecule has 2 atom stereocenters. The molecule has 1 heterocycles. The summed E-state index contributed by atoms with van der Waals surface area (Å²) in [5.41, 5.74) is 0.684. The smallest absolute Gasteiger partial charge is 0.134 e. The molecule has 0 amide bonds. The first-order valence-corrected chi connectivity index (χ1v) is 5.47. The van der Waals surface area contributed by atoms with E-state index in [-0.39, 0.29) is 12.5 Å². The van der Waals surface area contributed by atoms with Gasteiger partial charge in [-0.2, -0.15) is 0 Å². The molecular weight excluding hydrogens is 228 g/mol. The van der Waals surface area contributed by atoms with E-state index in [2.05, 4.69) is 0 Å². The Balaban J connectivity index is 2.39. The normalized spacial score (nSPS) is 15.2. The number of benzene rings is 1. The van der Waals surface area contributed by atoms with E-state index in [0.717, 1.165) is 5.39 Å². The zero-order valence-electron chi connectivity index (χ0n) is 8.85. The molecule has 1 aromatic carbocycles. The number of aliphatic hydroxyl groups is 2. The van der Waals surface area contributed by atoms with Crippen molar-refractivity contribution in [2.45, 2.75) is 13.0 Å². The number of halogens is 1. The first-order valence-electron chi connectivity index (χ1n) is 5.09. The molecule has 4 heteroatoms. The van der Waals surface area contributed by atoms with Crippen molar-refractivity contribution in [3.63, 3.8) is 0 Å². The zero-order chi connectivity index (χ0) is 11.7. The third kappa shape index (κ3) is 2.07. The lowest BCUT2D eigenvalue weighted by Crippen LogP contribution is -2.11. The Bertz CT molecular complexity index is 492. The van der Waals surface area contributed by atoms with Gasteiger partial charge in [-0.25, -0.2) is 0 Å². The third-order valence-corrected chi connectivity index (χ3v) is 2.85. The molecule has 0 radical (unpaired) electrons. The van der Waals surface area contributed by atoms with E-state index in [0.29, 0.717) is 16.4 Å².